The SMILES string of the molecule is CC1(C)CCCN(S(=O)(=O)c2ccc3c(NO)c4cc(S(=O)(=O)N5CCCC(C)(C)C5)ccc4c(N=O)c3c2)C1. The molecule has 3 aromatic rings. The molecule has 2 fully saturated rings. The summed E-state index contributed by atoms with van der Waals surface area (Å²) >= 11 is 0. The first-order valence-corrected chi connectivity index (χ1v) is 16.4. The van der Waals surface area contributed by atoms with Gasteiger partial charge in [-0.2, -0.15) is 8.61 Å². The predicted octanol–water partition coefficient (Wildman–Crippen LogP) is 5.81. The molecule has 2 N–H and O–H groups in total. The Morgan fingerprint density at radius 3 is 1.68 bits per heavy atom. The fraction of sp³-hybridized carbons (Fsp3) is 0.500. The highest BCUT2D eigenvalue weighted by Crippen LogP contribution is 2.44. The number of rotatable bonds is 6. The van der Waals surface area contributed by atoms with E-state index in [0.717, 1.165) is 25.7 Å². The van der Waals surface area contributed by atoms with Crippen LogP contribution in [0, 0.1) is 15.7 Å². The third kappa shape index (κ3) is 5.00. The van der Waals surface area contributed by atoms with Gasteiger partial charge in [-0.1, -0.05) is 39.8 Å². The minimum absolute atomic E-state index is 0.0249. The van der Waals surface area contributed by atoms with Gasteiger partial charge in [-0.25, -0.2) is 16.8 Å². The molecule has 0 atom stereocenters. The van der Waals surface area contributed by atoms with Gasteiger partial charge in [-0.15, -0.1) is 4.91 Å². The lowest BCUT2D eigenvalue weighted by Crippen LogP contribution is -2.43. The summed E-state index contributed by atoms with van der Waals surface area (Å²) in [6, 6.07) is 8.71. The summed E-state index contributed by atoms with van der Waals surface area (Å²) in [7, 11) is -7.69. The lowest BCUT2D eigenvalue weighted by Gasteiger charge is -2.37. The third-order valence-corrected chi connectivity index (χ3v) is 11.9. The number of nitroso groups, excluding NO2 is 1. The molecule has 40 heavy (non-hydrogen) atoms. The van der Waals surface area contributed by atoms with Crippen molar-refractivity contribution in [3.8, 4) is 0 Å². The number of fused-ring (bicyclic) bond motifs is 2. The van der Waals surface area contributed by atoms with Crippen LogP contribution in [-0.4, -0.2) is 56.8 Å². The lowest BCUT2D eigenvalue weighted by molar-refractivity contribution is 0.187. The maximum Gasteiger partial charge on any atom is 0.243 e. The molecule has 2 aliphatic heterocycles. The van der Waals surface area contributed by atoms with Crippen molar-refractivity contribution in [2.75, 3.05) is 31.7 Å². The van der Waals surface area contributed by atoms with E-state index in [-0.39, 0.29) is 42.8 Å². The zero-order chi connectivity index (χ0) is 29.1. The van der Waals surface area contributed by atoms with Crippen LogP contribution in [0.2, 0.25) is 0 Å². The van der Waals surface area contributed by atoms with E-state index in [2.05, 4.69) is 10.7 Å². The molecule has 3 aromatic carbocycles. The zero-order valence-corrected chi connectivity index (χ0v) is 24.9. The maximum atomic E-state index is 13.6. The van der Waals surface area contributed by atoms with E-state index in [1.54, 1.807) is 0 Å². The summed E-state index contributed by atoms with van der Waals surface area (Å²) in [4.78, 5) is 12.2. The predicted molar refractivity (Wildman–Crippen MR) is 156 cm³/mol. The van der Waals surface area contributed by atoms with Crippen molar-refractivity contribution in [1.29, 1.82) is 0 Å². The fourth-order valence-electron chi connectivity index (χ4n) is 6.15. The van der Waals surface area contributed by atoms with Crippen LogP contribution >= 0.6 is 0 Å². The standard InChI is InChI=1S/C28H36N4O6S2/c1-27(2)11-5-13-31(17-27)39(35,36)19-7-9-21-23(15-19)25(29-33)22-10-8-20(16-24(22)26(21)30-34)40(37,38)32-14-6-12-28(3,4)18-32/h7-10,15-16,29,33H,5-6,11-14,17-18H2,1-4H3. The van der Waals surface area contributed by atoms with Crippen molar-refractivity contribution in [1.82, 2.24) is 8.61 Å². The smallest absolute Gasteiger partial charge is 0.243 e. The van der Waals surface area contributed by atoms with Crippen LogP contribution in [0.4, 0.5) is 11.4 Å². The number of nitrogens with zero attached hydrogens (tertiary/aromatic N) is 3. The van der Waals surface area contributed by atoms with Gasteiger partial charge in [0.2, 0.25) is 20.0 Å². The first-order chi connectivity index (χ1) is 18.7. The van der Waals surface area contributed by atoms with E-state index in [1.165, 1.54) is 45.0 Å². The molecule has 0 aromatic heterocycles. The molecule has 0 aliphatic carbocycles. The maximum absolute atomic E-state index is 13.6. The molecule has 2 aliphatic rings. The minimum Gasteiger partial charge on any atom is -0.291 e. The lowest BCUT2D eigenvalue weighted by atomic mass is 9.85. The van der Waals surface area contributed by atoms with Crippen molar-refractivity contribution < 1.29 is 22.0 Å². The van der Waals surface area contributed by atoms with Crippen LogP contribution in [0.5, 0.6) is 0 Å². The third-order valence-electron chi connectivity index (χ3n) is 8.24. The minimum atomic E-state index is -3.85. The Hall–Kier alpha value is -2.64. The number of hydrogen-bond acceptors (Lipinski definition) is 8. The molecular formula is C28H36N4O6S2. The first kappa shape index (κ1) is 28.9. The molecule has 0 bridgehead atoms. The highest BCUT2D eigenvalue weighted by molar-refractivity contribution is 7.89. The quantitative estimate of drug-likeness (QED) is 0.211. The molecule has 0 unspecified atom stereocenters. The topological polar surface area (TPSA) is 136 Å². The van der Waals surface area contributed by atoms with Crippen LogP contribution in [-0.2, 0) is 20.0 Å². The molecule has 2 heterocycles. The molecule has 0 spiro atoms. The summed E-state index contributed by atoms with van der Waals surface area (Å²) < 4.78 is 57.2. The molecule has 0 amide bonds. The molecule has 5 rings (SSSR count). The Balaban J connectivity index is 1.65. The second kappa shape index (κ2) is 10.0. The van der Waals surface area contributed by atoms with Crippen molar-refractivity contribution in [2.45, 2.75) is 63.2 Å². The molecule has 12 heteroatoms. The van der Waals surface area contributed by atoms with Gasteiger partial charge in [0, 0.05) is 47.7 Å². The van der Waals surface area contributed by atoms with Crippen LogP contribution in [0.1, 0.15) is 53.4 Å². The van der Waals surface area contributed by atoms with E-state index in [9.17, 15) is 26.9 Å². The molecule has 0 radical (unpaired) electrons. The van der Waals surface area contributed by atoms with Crippen molar-refractivity contribution in [2.24, 2.45) is 16.0 Å². The molecular weight excluding hydrogens is 552 g/mol. The Kier molecular flexibility index (Phi) is 7.23. The highest BCUT2D eigenvalue weighted by atomic mass is 32.2. The Labute approximate surface area is 235 Å². The van der Waals surface area contributed by atoms with Gasteiger partial charge in [-0.3, -0.25) is 10.7 Å². The van der Waals surface area contributed by atoms with Crippen molar-refractivity contribution in [3.05, 3.63) is 41.3 Å². The van der Waals surface area contributed by atoms with Crippen molar-refractivity contribution in [3.63, 3.8) is 0 Å². The number of piperidine rings is 2. The van der Waals surface area contributed by atoms with Crippen LogP contribution in [0.25, 0.3) is 21.5 Å². The Bertz CT molecular complexity index is 1720. The average Bonchev–Trinajstić information content (AvgIpc) is 2.89. The second-order valence-corrected chi connectivity index (χ2v) is 16.4. The van der Waals surface area contributed by atoms with E-state index in [4.69, 9.17) is 0 Å². The van der Waals surface area contributed by atoms with E-state index in [0.29, 0.717) is 37.0 Å². The van der Waals surface area contributed by atoms with Gasteiger partial charge in [0.05, 0.1) is 15.5 Å². The zero-order valence-electron chi connectivity index (χ0n) is 23.3. The normalized spacial score (nSPS) is 20.5. The molecule has 0 saturated carbocycles. The Morgan fingerprint density at radius 2 is 1.23 bits per heavy atom. The number of hydrogen-bond donors (Lipinski definition) is 2. The second-order valence-electron chi connectivity index (χ2n) is 12.6. The molecule has 2 saturated heterocycles. The van der Waals surface area contributed by atoms with Crippen LogP contribution < -0.4 is 5.48 Å². The number of sulfonamides is 2. The van der Waals surface area contributed by atoms with Crippen molar-refractivity contribution >= 4 is 53.0 Å². The van der Waals surface area contributed by atoms with Gasteiger partial charge >= 0.3 is 0 Å². The first-order valence-electron chi connectivity index (χ1n) is 13.5. The molecule has 216 valence electrons. The largest absolute Gasteiger partial charge is 0.291 e. The Morgan fingerprint density at radius 1 is 0.750 bits per heavy atom. The summed E-state index contributed by atoms with van der Waals surface area (Å²) in [5.41, 5.74) is 2.00. The van der Waals surface area contributed by atoms with E-state index < -0.39 is 20.0 Å². The van der Waals surface area contributed by atoms with E-state index in [1.807, 2.05) is 27.7 Å². The van der Waals surface area contributed by atoms with Gasteiger partial charge < -0.3 is 0 Å². The van der Waals surface area contributed by atoms with Gasteiger partial charge in [0.1, 0.15) is 5.69 Å². The van der Waals surface area contributed by atoms with E-state index >= 15 is 0 Å². The van der Waals surface area contributed by atoms with Crippen LogP contribution in [0.3, 0.4) is 0 Å². The van der Waals surface area contributed by atoms with Gasteiger partial charge in [0.15, 0.2) is 0 Å². The summed E-state index contributed by atoms with van der Waals surface area (Å²) in [5.74, 6) is 0. The average molecular weight is 589 g/mol. The molecule has 10 nitrogen and oxygen atoms in total. The highest BCUT2D eigenvalue weighted by Gasteiger charge is 2.36. The number of nitrogens with one attached hydrogen (secondary N) is 1. The summed E-state index contributed by atoms with van der Waals surface area (Å²) in [5, 5.41) is 14.6. The fourth-order valence-corrected chi connectivity index (χ4v) is 9.54. The van der Waals surface area contributed by atoms with Gasteiger partial charge in [-0.05, 0) is 66.0 Å². The van der Waals surface area contributed by atoms with Gasteiger partial charge in [0.25, 0.3) is 0 Å². The number of anilines is 1. The monoisotopic (exact) mass is 588 g/mol. The van der Waals surface area contributed by atoms with Crippen LogP contribution in [0.15, 0.2) is 51.4 Å². The summed E-state index contributed by atoms with van der Waals surface area (Å²) in [6.07, 6.45) is 3.38. The summed E-state index contributed by atoms with van der Waals surface area (Å²) in [6.45, 7) is 9.76. The number of benzene rings is 3.